The molecule has 0 aliphatic carbocycles. The molecule has 1 amide bonds. The zero-order chi connectivity index (χ0) is 19.6. The van der Waals surface area contributed by atoms with Crippen molar-refractivity contribution in [2.45, 2.75) is 4.90 Å². The van der Waals surface area contributed by atoms with Gasteiger partial charge in [-0.3, -0.25) is 4.79 Å². The molecule has 2 rings (SSSR count). The van der Waals surface area contributed by atoms with Crippen LogP contribution in [0.3, 0.4) is 0 Å². The summed E-state index contributed by atoms with van der Waals surface area (Å²) in [5.74, 6) is -1.10. The number of carbonyl (C=O) groups excluding carboxylic acids is 1. The minimum atomic E-state index is -3.66. The maximum absolute atomic E-state index is 13.5. The van der Waals surface area contributed by atoms with E-state index >= 15 is 0 Å². The van der Waals surface area contributed by atoms with Crippen molar-refractivity contribution in [2.24, 2.45) is 0 Å². The average molecular weight is 444 g/mol. The molecule has 0 aliphatic heterocycles. The number of rotatable bonds is 5. The smallest absolute Gasteiger partial charge is 0.256 e. The molecule has 0 saturated carbocycles. The largest absolute Gasteiger partial charge is 0.376 e. The van der Waals surface area contributed by atoms with E-state index in [0.717, 1.165) is 10.4 Å². The second-order valence-corrected chi connectivity index (χ2v) is 8.95. The van der Waals surface area contributed by atoms with Crippen molar-refractivity contribution >= 4 is 43.2 Å². The third-order valence-corrected chi connectivity index (χ3v) is 6.15. The Morgan fingerprint density at radius 3 is 2.31 bits per heavy atom. The van der Waals surface area contributed by atoms with Gasteiger partial charge in [0.25, 0.3) is 5.91 Å². The molecule has 26 heavy (non-hydrogen) atoms. The Morgan fingerprint density at radius 1 is 1.08 bits per heavy atom. The predicted molar refractivity (Wildman–Crippen MR) is 104 cm³/mol. The number of nitrogens with zero attached hydrogens (tertiary/aromatic N) is 2. The third-order valence-electron chi connectivity index (χ3n) is 3.65. The molecule has 0 unspecified atom stereocenters. The van der Waals surface area contributed by atoms with Crippen molar-refractivity contribution in [3.63, 3.8) is 0 Å². The molecule has 140 valence electrons. The molecule has 9 heteroatoms. The number of hydrogen-bond acceptors (Lipinski definition) is 4. The van der Waals surface area contributed by atoms with Gasteiger partial charge in [0, 0.05) is 32.7 Å². The molecule has 0 radical (unpaired) electrons. The standard InChI is InChI=1S/C17H19BrFN3O3S/c1-21(2)16-8-6-12(26(24,25)22(3)4)10-15(16)20-17(23)13-9-11(19)5-7-14(13)18/h5-10H,1-4H3,(H,20,23). The second-order valence-electron chi connectivity index (χ2n) is 5.94. The summed E-state index contributed by atoms with van der Waals surface area (Å²) in [6, 6.07) is 8.23. The van der Waals surface area contributed by atoms with Crippen LogP contribution in [0.25, 0.3) is 0 Å². The molecular weight excluding hydrogens is 425 g/mol. The second kappa shape index (κ2) is 7.73. The third kappa shape index (κ3) is 4.22. The van der Waals surface area contributed by atoms with Crippen molar-refractivity contribution in [1.29, 1.82) is 0 Å². The number of nitrogens with one attached hydrogen (secondary N) is 1. The predicted octanol–water partition coefficient (Wildman–Crippen LogP) is 3.16. The summed E-state index contributed by atoms with van der Waals surface area (Å²) in [7, 11) is 2.73. The Morgan fingerprint density at radius 2 is 1.73 bits per heavy atom. The van der Waals surface area contributed by atoms with E-state index in [4.69, 9.17) is 0 Å². The van der Waals surface area contributed by atoms with Crippen LogP contribution in [0.1, 0.15) is 10.4 Å². The molecule has 0 spiro atoms. The molecule has 0 fully saturated rings. The van der Waals surface area contributed by atoms with Gasteiger partial charge in [0.05, 0.1) is 21.8 Å². The van der Waals surface area contributed by atoms with Crippen LogP contribution in [-0.4, -0.2) is 46.8 Å². The van der Waals surface area contributed by atoms with Crippen LogP contribution < -0.4 is 10.2 Å². The van der Waals surface area contributed by atoms with Gasteiger partial charge < -0.3 is 10.2 Å². The highest BCUT2D eigenvalue weighted by Crippen LogP contribution is 2.29. The van der Waals surface area contributed by atoms with E-state index in [1.165, 1.54) is 38.4 Å². The number of hydrogen-bond donors (Lipinski definition) is 1. The van der Waals surface area contributed by atoms with Gasteiger partial charge >= 0.3 is 0 Å². The van der Waals surface area contributed by atoms with Gasteiger partial charge in [-0.05, 0) is 52.3 Å². The van der Waals surface area contributed by atoms with E-state index in [1.807, 2.05) is 0 Å². The lowest BCUT2D eigenvalue weighted by Gasteiger charge is -2.20. The van der Waals surface area contributed by atoms with Crippen LogP contribution in [-0.2, 0) is 10.0 Å². The van der Waals surface area contributed by atoms with E-state index < -0.39 is 21.7 Å². The first kappa shape index (κ1) is 20.3. The van der Waals surface area contributed by atoms with Gasteiger partial charge in [-0.2, -0.15) is 0 Å². The van der Waals surface area contributed by atoms with Gasteiger partial charge in [0.15, 0.2) is 0 Å². The Kier molecular flexibility index (Phi) is 6.05. The minimum absolute atomic E-state index is 0.0432. The lowest BCUT2D eigenvalue weighted by atomic mass is 10.2. The van der Waals surface area contributed by atoms with Gasteiger partial charge in [-0.15, -0.1) is 0 Å². The van der Waals surface area contributed by atoms with Gasteiger partial charge in [-0.25, -0.2) is 17.1 Å². The molecule has 0 aromatic heterocycles. The Labute approximate surface area is 160 Å². The molecule has 6 nitrogen and oxygen atoms in total. The highest BCUT2D eigenvalue weighted by atomic mass is 79.9. The number of sulfonamides is 1. The summed E-state index contributed by atoms with van der Waals surface area (Å²) in [6.07, 6.45) is 0. The first-order valence-corrected chi connectivity index (χ1v) is 9.77. The zero-order valence-electron chi connectivity index (χ0n) is 14.7. The molecule has 0 bridgehead atoms. The van der Waals surface area contributed by atoms with E-state index in [2.05, 4.69) is 21.2 Å². The SMILES string of the molecule is CN(C)c1ccc(S(=O)(=O)N(C)C)cc1NC(=O)c1cc(F)ccc1Br. The van der Waals surface area contributed by atoms with Crippen LogP contribution >= 0.6 is 15.9 Å². The van der Waals surface area contributed by atoms with Crippen molar-refractivity contribution in [3.8, 4) is 0 Å². The monoisotopic (exact) mass is 443 g/mol. The summed E-state index contributed by atoms with van der Waals surface area (Å²) in [6.45, 7) is 0. The van der Waals surface area contributed by atoms with Crippen molar-refractivity contribution < 1.29 is 17.6 Å². The molecule has 2 aromatic carbocycles. The summed E-state index contributed by atoms with van der Waals surface area (Å²) in [5.41, 5.74) is 1.03. The van der Waals surface area contributed by atoms with Crippen LogP contribution in [0, 0.1) is 5.82 Å². The molecular formula is C17H19BrFN3O3S. The van der Waals surface area contributed by atoms with Crippen molar-refractivity contribution in [2.75, 3.05) is 38.4 Å². The molecule has 0 aliphatic rings. The van der Waals surface area contributed by atoms with Crippen LogP contribution in [0.15, 0.2) is 45.8 Å². The number of halogens is 2. The zero-order valence-corrected chi connectivity index (χ0v) is 17.1. The van der Waals surface area contributed by atoms with E-state index in [1.54, 1.807) is 25.1 Å². The maximum Gasteiger partial charge on any atom is 0.256 e. The van der Waals surface area contributed by atoms with Crippen LogP contribution in [0.2, 0.25) is 0 Å². The fourth-order valence-electron chi connectivity index (χ4n) is 2.24. The van der Waals surface area contributed by atoms with E-state index in [0.29, 0.717) is 15.8 Å². The van der Waals surface area contributed by atoms with Crippen molar-refractivity contribution in [1.82, 2.24) is 4.31 Å². The first-order valence-electron chi connectivity index (χ1n) is 7.54. The molecule has 2 aromatic rings. The topological polar surface area (TPSA) is 69.7 Å². The van der Waals surface area contributed by atoms with E-state index in [9.17, 15) is 17.6 Å². The lowest BCUT2D eigenvalue weighted by molar-refractivity contribution is 0.102. The van der Waals surface area contributed by atoms with Crippen LogP contribution in [0.4, 0.5) is 15.8 Å². The quantitative estimate of drug-likeness (QED) is 0.770. The van der Waals surface area contributed by atoms with Crippen LogP contribution in [0.5, 0.6) is 0 Å². The minimum Gasteiger partial charge on any atom is -0.376 e. The summed E-state index contributed by atoms with van der Waals surface area (Å²) < 4.78 is 39.7. The van der Waals surface area contributed by atoms with E-state index in [-0.39, 0.29) is 10.5 Å². The summed E-state index contributed by atoms with van der Waals surface area (Å²) in [4.78, 5) is 14.4. The molecule has 0 saturated heterocycles. The Balaban J connectivity index is 2.50. The van der Waals surface area contributed by atoms with Gasteiger partial charge in [-0.1, -0.05) is 0 Å². The fourth-order valence-corrected chi connectivity index (χ4v) is 3.59. The van der Waals surface area contributed by atoms with Gasteiger partial charge in [0.1, 0.15) is 5.82 Å². The maximum atomic E-state index is 13.5. The van der Waals surface area contributed by atoms with Crippen molar-refractivity contribution in [3.05, 3.63) is 52.3 Å². The summed E-state index contributed by atoms with van der Waals surface area (Å²) >= 11 is 3.22. The average Bonchev–Trinajstić information content (AvgIpc) is 2.56. The van der Waals surface area contributed by atoms with Gasteiger partial charge in [0.2, 0.25) is 10.0 Å². The number of amides is 1. The first-order chi connectivity index (χ1) is 12.0. The molecule has 0 heterocycles. The molecule has 1 N–H and O–H groups in total. The normalized spacial score (nSPS) is 11.5. The number of anilines is 2. The Bertz CT molecular complexity index is 946. The lowest BCUT2D eigenvalue weighted by Crippen LogP contribution is -2.23. The number of benzene rings is 2. The highest BCUT2D eigenvalue weighted by molar-refractivity contribution is 9.10. The number of carbonyl (C=O) groups is 1. The Hall–Kier alpha value is -1.97. The fraction of sp³-hybridized carbons (Fsp3) is 0.235. The summed E-state index contributed by atoms with van der Waals surface area (Å²) in [5, 5.41) is 2.67. The highest BCUT2D eigenvalue weighted by Gasteiger charge is 2.21. The molecule has 0 atom stereocenters.